The molecular formula is C19H24N2O2. The Balaban J connectivity index is 2.03. The fraction of sp³-hybridized carbons (Fsp3) is 0.368. The van der Waals surface area contributed by atoms with E-state index >= 15 is 0 Å². The van der Waals surface area contributed by atoms with Gasteiger partial charge in [0.15, 0.2) is 6.61 Å². The monoisotopic (exact) mass is 312 g/mol. The summed E-state index contributed by atoms with van der Waals surface area (Å²) in [4.78, 5) is 16.2. The Labute approximate surface area is 137 Å². The van der Waals surface area contributed by atoms with Crippen molar-refractivity contribution in [3.8, 4) is 5.75 Å². The van der Waals surface area contributed by atoms with Gasteiger partial charge in [0.05, 0.1) is 11.9 Å². The van der Waals surface area contributed by atoms with Crippen molar-refractivity contribution in [1.82, 2.24) is 4.98 Å². The first-order chi connectivity index (χ1) is 10.8. The van der Waals surface area contributed by atoms with Gasteiger partial charge in [-0.25, -0.2) is 0 Å². The molecular weight excluding hydrogens is 288 g/mol. The van der Waals surface area contributed by atoms with Crippen LogP contribution in [0.25, 0.3) is 0 Å². The van der Waals surface area contributed by atoms with Gasteiger partial charge in [-0.1, -0.05) is 38.5 Å². The van der Waals surface area contributed by atoms with Gasteiger partial charge in [0.25, 0.3) is 5.91 Å². The Morgan fingerprint density at radius 1 is 1.17 bits per heavy atom. The van der Waals surface area contributed by atoms with Gasteiger partial charge in [-0.15, -0.1) is 0 Å². The van der Waals surface area contributed by atoms with Crippen molar-refractivity contribution in [3.05, 3.63) is 53.3 Å². The van der Waals surface area contributed by atoms with Crippen molar-refractivity contribution >= 4 is 11.6 Å². The van der Waals surface area contributed by atoms with E-state index in [1.807, 2.05) is 31.2 Å². The summed E-state index contributed by atoms with van der Waals surface area (Å²) in [6.07, 6.45) is 1.64. The minimum Gasteiger partial charge on any atom is -0.483 e. The van der Waals surface area contributed by atoms with E-state index in [-0.39, 0.29) is 17.9 Å². The van der Waals surface area contributed by atoms with Crippen molar-refractivity contribution < 1.29 is 9.53 Å². The van der Waals surface area contributed by atoms with Crippen LogP contribution in [0.3, 0.4) is 0 Å². The highest BCUT2D eigenvalue weighted by molar-refractivity contribution is 5.91. The van der Waals surface area contributed by atoms with Crippen LogP contribution in [0.1, 0.15) is 37.6 Å². The molecule has 0 spiro atoms. The number of anilines is 1. The fourth-order valence-corrected chi connectivity index (χ4v) is 2.24. The lowest BCUT2D eigenvalue weighted by atomic mass is 9.85. The van der Waals surface area contributed by atoms with Crippen LogP contribution in [-0.2, 0) is 10.2 Å². The maximum absolute atomic E-state index is 12.0. The van der Waals surface area contributed by atoms with Crippen LogP contribution in [0.4, 0.5) is 5.69 Å². The Kier molecular flexibility index (Phi) is 5.04. The lowest BCUT2D eigenvalue weighted by molar-refractivity contribution is -0.118. The molecule has 0 radical (unpaired) electrons. The number of hydrogen-bond acceptors (Lipinski definition) is 3. The van der Waals surface area contributed by atoms with Crippen molar-refractivity contribution in [2.45, 2.75) is 40.0 Å². The number of carbonyl (C=O) groups excluding carboxylic acids is 1. The second kappa shape index (κ2) is 6.82. The fourth-order valence-electron chi connectivity index (χ4n) is 2.24. The summed E-state index contributed by atoms with van der Waals surface area (Å²) in [5.74, 6) is 0.552. The minimum absolute atomic E-state index is 0.0278. The predicted octanol–water partition coefficient (Wildman–Crippen LogP) is 4.01. The lowest BCUT2D eigenvalue weighted by Crippen LogP contribution is -2.22. The number of amides is 1. The van der Waals surface area contributed by atoms with Gasteiger partial charge >= 0.3 is 0 Å². The molecule has 2 aromatic rings. The van der Waals surface area contributed by atoms with E-state index in [9.17, 15) is 4.79 Å². The summed E-state index contributed by atoms with van der Waals surface area (Å²) in [6, 6.07) is 9.71. The molecule has 1 aromatic heterocycles. The van der Waals surface area contributed by atoms with E-state index in [0.717, 1.165) is 17.0 Å². The summed E-state index contributed by atoms with van der Waals surface area (Å²) in [6.45, 7) is 10.3. The zero-order valence-electron chi connectivity index (χ0n) is 14.4. The quantitative estimate of drug-likeness (QED) is 0.928. The van der Waals surface area contributed by atoms with Gasteiger partial charge in [0, 0.05) is 5.69 Å². The number of nitrogens with one attached hydrogen (secondary N) is 1. The van der Waals surface area contributed by atoms with Crippen molar-refractivity contribution in [2.75, 3.05) is 11.9 Å². The van der Waals surface area contributed by atoms with Crippen molar-refractivity contribution in [2.24, 2.45) is 0 Å². The molecule has 0 fully saturated rings. The van der Waals surface area contributed by atoms with Gasteiger partial charge in [-0.05, 0) is 43.0 Å². The average molecular weight is 312 g/mol. The third kappa shape index (κ3) is 4.81. The summed E-state index contributed by atoms with van der Waals surface area (Å²) < 4.78 is 5.74. The molecule has 0 saturated heterocycles. The minimum atomic E-state index is -0.198. The van der Waals surface area contributed by atoms with Crippen LogP contribution in [0.5, 0.6) is 5.75 Å². The van der Waals surface area contributed by atoms with Crippen LogP contribution in [0, 0.1) is 13.8 Å². The van der Waals surface area contributed by atoms with Crippen molar-refractivity contribution in [3.63, 3.8) is 0 Å². The number of nitrogens with zero attached hydrogens (tertiary/aromatic N) is 1. The number of pyridine rings is 1. The first kappa shape index (κ1) is 17.0. The van der Waals surface area contributed by atoms with Crippen LogP contribution < -0.4 is 10.1 Å². The Hall–Kier alpha value is -2.36. The van der Waals surface area contributed by atoms with E-state index in [1.165, 1.54) is 5.56 Å². The molecule has 1 aromatic carbocycles. The van der Waals surface area contributed by atoms with E-state index < -0.39 is 0 Å². The molecule has 0 aliphatic carbocycles. The third-order valence-electron chi connectivity index (χ3n) is 3.50. The second-order valence-electron chi connectivity index (χ2n) is 6.77. The maximum atomic E-state index is 12.0. The molecule has 0 unspecified atom stereocenters. The molecule has 4 nitrogen and oxygen atoms in total. The molecule has 2 rings (SSSR count). The number of aryl methyl sites for hydroxylation is 2. The number of aromatic nitrogens is 1. The normalized spacial score (nSPS) is 11.2. The van der Waals surface area contributed by atoms with E-state index in [1.54, 1.807) is 6.20 Å². The maximum Gasteiger partial charge on any atom is 0.262 e. The first-order valence-electron chi connectivity index (χ1n) is 7.72. The second-order valence-corrected chi connectivity index (χ2v) is 6.77. The highest BCUT2D eigenvalue weighted by Gasteiger charge is 2.19. The standard InChI is InChI=1S/C19H24N2O2/c1-13-6-9-17(16(10-13)19(3,4)5)23-12-18(22)21-15-8-7-14(2)20-11-15/h6-11H,12H2,1-5H3,(H,21,22). The molecule has 122 valence electrons. The van der Waals surface area contributed by atoms with Gasteiger partial charge in [-0.3, -0.25) is 9.78 Å². The van der Waals surface area contributed by atoms with Gasteiger partial charge in [0.1, 0.15) is 5.75 Å². The van der Waals surface area contributed by atoms with Crippen LogP contribution >= 0.6 is 0 Å². The topological polar surface area (TPSA) is 51.2 Å². The molecule has 0 aliphatic heterocycles. The van der Waals surface area contributed by atoms with Crippen molar-refractivity contribution in [1.29, 1.82) is 0 Å². The average Bonchev–Trinajstić information content (AvgIpc) is 2.47. The number of hydrogen-bond donors (Lipinski definition) is 1. The molecule has 4 heteroatoms. The predicted molar refractivity (Wildman–Crippen MR) is 93.0 cm³/mol. The van der Waals surface area contributed by atoms with E-state index in [2.05, 4.69) is 44.1 Å². The smallest absolute Gasteiger partial charge is 0.262 e. The van der Waals surface area contributed by atoms with Crippen LogP contribution in [0.2, 0.25) is 0 Å². The SMILES string of the molecule is Cc1ccc(OCC(=O)Nc2ccc(C)nc2)c(C(C)(C)C)c1. The molecule has 0 saturated carbocycles. The number of ether oxygens (including phenoxy) is 1. The summed E-state index contributed by atoms with van der Waals surface area (Å²) in [5, 5.41) is 2.78. The molecule has 0 atom stereocenters. The zero-order chi connectivity index (χ0) is 17.0. The zero-order valence-corrected chi connectivity index (χ0v) is 14.4. The number of rotatable bonds is 4. The molecule has 1 amide bonds. The van der Waals surface area contributed by atoms with Crippen LogP contribution in [0.15, 0.2) is 36.5 Å². The van der Waals surface area contributed by atoms with Gasteiger partial charge in [0.2, 0.25) is 0 Å². The lowest BCUT2D eigenvalue weighted by Gasteiger charge is -2.23. The first-order valence-corrected chi connectivity index (χ1v) is 7.72. The van der Waals surface area contributed by atoms with Crippen LogP contribution in [-0.4, -0.2) is 17.5 Å². The molecule has 1 heterocycles. The Morgan fingerprint density at radius 2 is 1.91 bits per heavy atom. The Bertz CT molecular complexity index is 686. The van der Waals surface area contributed by atoms with Gasteiger partial charge in [-0.2, -0.15) is 0 Å². The number of carbonyl (C=O) groups is 1. The summed E-state index contributed by atoms with van der Waals surface area (Å²) in [5.41, 5.74) is 3.82. The third-order valence-corrected chi connectivity index (χ3v) is 3.50. The van der Waals surface area contributed by atoms with Gasteiger partial charge < -0.3 is 10.1 Å². The summed E-state index contributed by atoms with van der Waals surface area (Å²) in [7, 11) is 0. The molecule has 0 bridgehead atoms. The highest BCUT2D eigenvalue weighted by atomic mass is 16.5. The molecule has 0 aliphatic rings. The molecule has 1 N–H and O–H groups in total. The molecule has 23 heavy (non-hydrogen) atoms. The highest BCUT2D eigenvalue weighted by Crippen LogP contribution is 2.32. The number of benzene rings is 1. The Morgan fingerprint density at radius 3 is 2.52 bits per heavy atom. The van der Waals surface area contributed by atoms with E-state index in [0.29, 0.717) is 5.69 Å². The van der Waals surface area contributed by atoms with E-state index in [4.69, 9.17) is 4.74 Å². The summed E-state index contributed by atoms with van der Waals surface area (Å²) >= 11 is 0. The largest absolute Gasteiger partial charge is 0.483 e.